The van der Waals surface area contributed by atoms with E-state index in [1.807, 2.05) is 12.1 Å². The lowest BCUT2D eigenvalue weighted by Gasteiger charge is -2.07. The average molecular weight is 910 g/mol. The molecule has 0 unspecified atom stereocenters. The molecule has 0 spiro atoms. The summed E-state index contributed by atoms with van der Waals surface area (Å²) in [6.07, 6.45) is 0. The number of phenolic OH excluding ortho intramolecular Hbond substituents is 3. The minimum absolute atomic E-state index is 0.0400. The lowest BCUT2D eigenvalue weighted by molar-refractivity contribution is -0.0374. The van der Waals surface area contributed by atoms with E-state index >= 15 is 0 Å². The van der Waals surface area contributed by atoms with Crippen LogP contribution in [0.5, 0.6) is 34.5 Å². The molecule has 0 aliphatic carbocycles. The lowest BCUT2D eigenvalue weighted by atomic mass is 10.1. The van der Waals surface area contributed by atoms with Crippen molar-refractivity contribution in [2.75, 3.05) is 28.4 Å². The van der Waals surface area contributed by atoms with Crippen molar-refractivity contribution in [2.24, 2.45) is 0 Å². The molecule has 0 saturated heterocycles. The second-order valence-electron chi connectivity index (χ2n) is 12.3. The standard InChI is InChI=1S/C10H9NO2.C8H8ClNO2.3C8H9NO4/c1-7-6-8-4-2-3-5-9(8)10(12)11(7)13;1-10(12)8(11)6-2-4-7(9)5-3-6;1-13-5-2-3-7(10)6(4-5)8(11)9-12;1-13-7-4-5(8(11)9-12)2-3-6(7)10;1-13-6-4-2-3-5(7(6)10)8(11)9-12/h2-6,13H,1H3;2-5,12H,1H3;3*2-4,10,12H,1H3,(H,9,11). The van der Waals surface area contributed by atoms with Gasteiger partial charge in [-0.05, 0) is 97.2 Å². The molecular weight excluding hydrogens is 866 g/mol. The van der Waals surface area contributed by atoms with E-state index in [1.54, 1.807) is 49.4 Å². The molecular formula is C42H44ClN5O16. The molecule has 0 aliphatic rings. The van der Waals surface area contributed by atoms with Gasteiger partial charge in [0.25, 0.3) is 29.2 Å². The smallest absolute Gasteiger partial charge is 0.290 e. The summed E-state index contributed by atoms with van der Waals surface area (Å²) in [7, 11) is 5.45. The maximum Gasteiger partial charge on any atom is 0.290 e. The van der Waals surface area contributed by atoms with Crippen LogP contribution in [0.15, 0.2) is 114 Å². The molecule has 11 N–H and O–H groups in total. The third-order valence-corrected chi connectivity index (χ3v) is 8.38. The zero-order valence-electron chi connectivity index (χ0n) is 34.5. The molecule has 21 nitrogen and oxygen atoms in total. The van der Waals surface area contributed by atoms with Gasteiger partial charge in [0.05, 0.1) is 43.5 Å². The summed E-state index contributed by atoms with van der Waals surface area (Å²) in [4.78, 5) is 55.3. The van der Waals surface area contributed by atoms with Crippen LogP contribution in [0.3, 0.4) is 0 Å². The molecule has 1 heterocycles. The van der Waals surface area contributed by atoms with E-state index in [2.05, 4.69) is 0 Å². The maximum absolute atomic E-state index is 11.5. The summed E-state index contributed by atoms with van der Waals surface area (Å²) < 4.78 is 15.0. The normalized spacial score (nSPS) is 9.66. The van der Waals surface area contributed by atoms with Gasteiger partial charge in [0.1, 0.15) is 11.5 Å². The molecule has 22 heteroatoms. The van der Waals surface area contributed by atoms with E-state index in [9.17, 15) is 44.5 Å². The summed E-state index contributed by atoms with van der Waals surface area (Å²) in [5.74, 6) is -2.45. The number of methoxy groups -OCH3 is 3. The number of nitrogens with one attached hydrogen (secondary N) is 3. The second-order valence-corrected chi connectivity index (χ2v) is 12.7. The Kier molecular flexibility index (Phi) is 20.9. The molecule has 340 valence electrons. The second kappa shape index (κ2) is 25.6. The zero-order valence-corrected chi connectivity index (χ0v) is 35.3. The number of carbonyl (C=O) groups excluding carboxylic acids is 4. The number of aromatic hydroxyl groups is 3. The Morgan fingerprint density at radius 2 is 1.20 bits per heavy atom. The minimum Gasteiger partial charge on any atom is -0.507 e. The molecule has 6 rings (SSSR count). The number of phenols is 3. The molecule has 0 saturated carbocycles. The summed E-state index contributed by atoms with van der Waals surface area (Å²) in [5.41, 5.74) is 5.03. The Morgan fingerprint density at radius 1 is 0.641 bits per heavy atom. The largest absolute Gasteiger partial charge is 0.507 e. The van der Waals surface area contributed by atoms with E-state index < -0.39 is 23.6 Å². The number of aromatic nitrogens is 1. The number of para-hydroxylation sites is 1. The van der Waals surface area contributed by atoms with Gasteiger partial charge in [-0.25, -0.2) is 21.5 Å². The summed E-state index contributed by atoms with van der Waals surface area (Å²) in [6.45, 7) is 1.69. The van der Waals surface area contributed by atoms with Crippen molar-refractivity contribution < 1.29 is 74.7 Å². The molecule has 0 radical (unpaired) electrons. The van der Waals surface area contributed by atoms with Gasteiger partial charge in [-0.3, -0.25) is 44.8 Å². The van der Waals surface area contributed by atoms with Crippen molar-refractivity contribution in [3.8, 4) is 34.5 Å². The molecule has 0 fully saturated rings. The van der Waals surface area contributed by atoms with Gasteiger partial charge in [-0.2, -0.15) is 4.73 Å². The molecule has 0 aliphatic heterocycles. The van der Waals surface area contributed by atoms with Gasteiger partial charge >= 0.3 is 0 Å². The molecule has 0 bridgehead atoms. The molecule has 1 aromatic heterocycles. The van der Waals surface area contributed by atoms with Gasteiger partial charge in [-0.15, -0.1) is 0 Å². The summed E-state index contributed by atoms with van der Waals surface area (Å²) in [5, 5.41) is 73.3. The highest BCUT2D eigenvalue weighted by molar-refractivity contribution is 6.30. The van der Waals surface area contributed by atoms with E-state index in [0.717, 1.165) is 5.39 Å². The fourth-order valence-corrected chi connectivity index (χ4v) is 4.98. The first-order chi connectivity index (χ1) is 30.4. The van der Waals surface area contributed by atoms with Crippen molar-refractivity contribution in [3.63, 3.8) is 0 Å². The molecule has 64 heavy (non-hydrogen) atoms. The number of hydrogen-bond donors (Lipinski definition) is 11. The van der Waals surface area contributed by atoms with Crippen LogP contribution in [-0.4, -0.2) is 103 Å². The van der Waals surface area contributed by atoms with Gasteiger partial charge < -0.3 is 34.7 Å². The number of rotatable bonds is 7. The number of hydrogen-bond acceptors (Lipinski definition) is 16. The number of hydroxylamine groups is 5. The van der Waals surface area contributed by atoms with E-state index in [4.69, 9.17) is 46.6 Å². The third-order valence-electron chi connectivity index (χ3n) is 8.13. The predicted molar refractivity (Wildman–Crippen MR) is 227 cm³/mol. The van der Waals surface area contributed by atoms with Crippen LogP contribution in [0.25, 0.3) is 10.8 Å². The lowest BCUT2D eigenvalue weighted by Crippen LogP contribution is -2.22. The molecule has 0 atom stereocenters. The number of carbonyl (C=O) groups is 4. The zero-order chi connectivity index (χ0) is 48.1. The quantitative estimate of drug-likeness (QED) is 0.0576. The first-order valence-electron chi connectivity index (χ1n) is 17.9. The first kappa shape index (κ1) is 52.1. The number of pyridine rings is 1. The monoisotopic (exact) mass is 909 g/mol. The molecule has 5 aromatic carbocycles. The highest BCUT2D eigenvalue weighted by Crippen LogP contribution is 2.29. The molecule has 4 amide bonds. The van der Waals surface area contributed by atoms with E-state index in [0.29, 0.717) is 37.2 Å². The highest BCUT2D eigenvalue weighted by Gasteiger charge is 2.14. The predicted octanol–water partition coefficient (Wildman–Crippen LogP) is 4.91. The number of aryl methyl sites for hydroxylation is 1. The number of fused-ring (bicyclic) bond motifs is 1. The van der Waals surface area contributed by atoms with Crippen LogP contribution >= 0.6 is 11.6 Å². The first-order valence-corrected chi connectivity index (χ1v) is 18.2. The number of benzene rings is 5. The summed E-state index contributed by atoms with van der Waals surface area (Å²) >= 11 is 5.61. The van der Waals surface area contributed by atoms with Crippen LogP contribution in [0.1, 0.15) is 47.1 Å². The average Bonchev–Trinajstić information content (AvgIpc) is 3.31. The number of halogens is 1. The van der Waals surface area contributed by atoms with Crippen LogP contribution in [-0.2, 0) is 0 Å². The minimum atomic E-state index is -0.781. The number of ether oxygens (including phenoxy) is 3. The van der Waals surface area contributed by atoms with Gasteiger partial charge in [0.2, 0.25) is 0 Å². The Balaban J connectivity index is 0.000000275. The van der Waals surface area contributed by atoms with Crippen molar-refractivity contribution in [1.29, 1.82) is 0 Å². The van der Waals surface area contributed by atoms with Crippen LogP contribution in [0.4, 0.5) is 0 Å². The number of amides is 4. The Labute approximate surface area is 368 Å². The molecule has 6 aromatic rings. The Morgan fingerprint density at radius 3 is 1.77 bits per heavy atom. The van der Waals surface area contributed by atoms with Crippen molar-refractivity contribution in [3.05, 3.63) is 153 Å². The van der Waals surface area contributed by atoms with Gasteiger partial charge in [0.15, 0.2) is 23.0 Å². The Hall–Kier alpha value is -8.08. The van der Waals surface area contributed by atoms with Crippen molar-refractivity contribution >= 4 is 46.0 Å². The van der Waals surface area contributed by atoms with Gasteiger partial charge in [0, 0.05) is 23.2 Å². The fraction of sp³-hybridized carbons (Fsp3) is 0.119. The van der Waals surface area contributed by atoms with Gasteiger partial charge in [-0.1, -0.05) is 35.9 Å². The van der Waals surface area contributed by atoms with Crippen molar-refractivity contribution in [2.45, 2.75) is 6.92 Å². The highest BCUT2D eigenvalue weighted by atomic mass is 35.5. The SMILES string of the molecule is CN(O)C(=O)c1ccc(Cl)cc1.COc1cc(C(=O)NO)ccc1O.COc1ccc(O)c(C(=O)NO)c1.COc1cccc(C(=O)NO)c1O.Cc1cc2ccccc2c(=O)n1O. The maximum atomic E-state index is 11.5. The third kappa shape index (κ3) is 14.8. The van der Waals surface area contributed by atoms with Crippen molar-refractivity contribution in [1.82, 2.24) is 26.2 Å². The topological polar surface area (TPSA) is 319 Å². The Bertz CT molecular complexity index is 2570. The van der Waals surface area contributed by atoms with Crippen LogP contribution in [0.2, 0.25) is 5.02 Å². The fourth-order valence-electron chi connectivity index (χ4n) is 4.86. The van der Waals surface area contributed by atoms with Crippen LogP contribution < -0.4 is 36.2 Å². The van der Waals surface area contributed by atoms with E-state index in [1.165, 1.54) is 99.4 Å². The van der Waals surface area contributed by atoms with E-state index in [-0.39, 0.29) is 51.0 Å². The number of nitrogens with zero attached hydrogens (tertiary/aromatic N) is 2. The van der Waals surface area contributed by atoms with Crippen LogP contribution in [0, 0.1) is 6.92 Å². The summed E-state index contributed by atoms with van der Waals surface area (Å²) in [6, 6.07) is 27.8.